The van der Waals surface area contributed by atoms with Crippen LogP contribution in [0, 0.1) is 0 Å². The molecule has 0 atom stereocenters. The fourth-order valence-electron chi connectivity index (χ4n) is 3.18. The normalized spacial score (nSPS) is 12.4. The maximum absolute atomic E-state index is 12.1. The Morgan fingerprint density at radius 1 is 1.25 bits per heavy atom. The third kappa shape index (κ3) is 3.50. The summed E-state index contributed by atoms with van der Waals surface area (Å²) in [5.41, 5.74) is 12.1. The van der Waals surface area contributed by atoms with Crippen molar-refractivity contribution in [2.75, 3.05) is 14.2 Å². The number of benzene rings is 2. The first-order valence-corrected chi connectivity index (χ1v) is 8.71. The Kier molecular flexibility index (Phi) is 5.52. The molecule has 0 aliphatic heterocycles. The molecule has 0 bridgehead atoms. The first-order chi connectivity index (χ1) is 13.5. The number of H-pyrrole nitrogens is 1. The fourth-order valence-corrected chi connectivity index (χ4v) is 3.18. The molecule has 0 unspecified atom stereocenters. The topological polar surface area (TPSA) is 89.4 Å². The van der Waals surface area contributed by atoms with Crippen molar-refractivity contribution in [2.24, 2.45) is 5.73 Å². The smallest absolute Gasteiger partial charge is 0.274 e. The number of nitrogens with two attached hydrogens (primary N) is 1. The van der Waals surface area contributed by atoms with E-state index in [2.05, 4.69) is 17.0 Å². The van der Waals surface area contributed by atoms with Crippen LogP contribution in [0.3, 0.4) is 0 Å². The summed E-state index contributed by atoms with van der Waals surface area (Å²) in [6.45, 7) is 6.06. The standard InChI is InChI=1S/C22H23N3O3/c1-13(12-23)10-18-14(2)24-21-19(27-3)9-8-17(20(18)21)15-6-5-7-16(11-15)22(26)25-28-4/h5-12,24H,2,23H2,1,3-4H3,(H,25,26)/b13-12-,18-10+. The molecule has 0 radical (unpaired) electrons. The van der Waals surface area contributed by atoms with E-state index >= 15 is 0 Å². The number of hydrogen-bond acceptors (Lipinski definition) is 4. The summed E-state index contributed by atoms with van der Waals surface area (Å²) in [5.74, 6) is 0.403. The predicted molar refractivity (Wildman–Crippen MR) is 112 cm³/mol. The van der Waals surface area contributed by atoms with E-state index in [9.17, 15) is 4.79 Å². The van der Waals surface area contributed by atoms with E-state index in [1.54, 1.807) is 19.4 Å². The van der Waals surface area contributed by atoms with E-state index in [1.165, 1.54) is 7.11 Å². The number of methoxy groups -OCH3 is 1. The molecule has 144 valence electrons. The third-order valence-corrected chi connectivity index (χ3v) is 4.52. The van der Waals surface area contributed by atoms with E-state index in [0.717, 1.165) is 38.2 Å². The van der Waals surface area contributed by atoms with Crippen molar-refractivity contribution in [3.63, 3.8) is 0 Å². The molecule has 6 nitrogen and oxygen atoms in total. The number of hydrogen-bond donors (Lipinski definition) is 3. The summed E-state index contributed by atoms with van der Waals surface area (Å²) in [4.78, 5) is 20.2. The van der Waals surface area contributed by atoms with Gasteiger partial charge in [-0.3, -0.25) is 9.63 Å². The first-order valence-electron chi connectivity index (χ1n) is 8.71. The molecule has 0 fully saturated rings. The number of amides is 1. The van der Waals surface area contributed by atoms with Crippen molar-refractivity contribution in [2.45, 2.75) is 6.92 Å². The number of fused-ring (bicyclic) bond motifs is 1. The van der Waals surface area contributed by atoms with Gasteiger partial charge in [0, 0.05) is 21.5 Å². The van der Waals surface area contributed by atoms with Gasteiger partial charge in [-0.2, -0.15) is 0 Å². The maximum atomic E-state index is 12.1. The number of rotatable bonds is 5. The summed E-state index contributed by atoms with van der Waals surface area (Å²) in [7, 11) is 3.03. The van der Waals surface area contributed by atoms with Gasteiger partial charge >= 0.3 is 0 Å². The highest BCUT2D eigenvalue weighted by molar-refractivity contribution is 6.01. The number of hydroxylamine groups is 1. The van der Waals surface area contributed by atoms with Gasteiger partial charge < -0.3 is 15.5 Å². The van der Waals surface area contributed by atoms with Gasteiger partial charge in [-0.1, -0.05) is 18.7 Å². The predicted octanol–water partition coefficient (Wildman–Crippen LogP) is 2.19. The molecule has 3 rings (SSSR count). The Bertz CT molecular complexity index is 1180. The van der Waals surface area contributed by atoms with Gasteiger partial charge in [0.2, 0.25) is 0 Å². The lowest BCUT2D eigenvalue weighted by Gasteiger charge is -2.09. The molecule has 0 aliphatic rings. The minimum atomic E-state index is -0.310. The number of allylic oxidation sites excluding steroid dienone is 1. The molecule has 3 aromatic rings. The molecule has 0 saturated heterocycles. The van der Waals surface area contributed by atoms with Crippen LogP contribution in [-0.2, 0) is 4.84 Å². The minimum Gasteiger partial charge on any atom is -0.495 e. The molecular formula is C22H23N3O3. The summed E-state index contributed by atoms with van der Waals surface area (Å²) in [6.07, 6.45) is 3.53. The molecule has 0 saturated carbocycles. The zero-order chi connectivity index (χ0) is 20.3. The van der Waals surface area contributed by atoms with Crippen LogP contribution in [0.1, 0.15) is 17.3 Å². The fraction of sp³-hybridized carbons (Fsp3) is 0.136. The lowest BCUT2D eigenvalue weighted by Crippen LogP contribution is -2.22. The molecule has 28 heavy (non-hydrogen) atoms. The van der Waals surface area contributed by atoms with Crippen molar-refractivity contribution in [3.05, 3.63) is 64.3 Å². The lowest BCUT2D eigenvalue weighted by molar-refractivity contribution is 0.0537. The van der Waals surface area contributed by atoms with E-state index in [1.807, 2.05) is 43.3 Å². The highest BCUT2D eigenvalue weighted by atomic mass is 16.6. The summed E-state index contributed by atoms with van der Waals surface area (Å²) >= 11 is 0. The molecule has 2 aromatic carbocycles. The third-order valence-electron chi connectivity index (χ3n) is 4.52. The average molecular weight is 377 g/mol. The second-order valence-corrected chi connectivity index (χ2v) is 6.35. The molecule has 0 aliphatic carbocycles. The largest absolute Gasteiger partial charge is 0.495 e. The lowest BCUT2D eigenvalue weighted by atomic mass is 9.98. The summed E-state index contributed by atoms with van der Waals surface area (Å²) < 4.78 is 5.52. The van der Waals surface area contributed by atoms with E-state index in [0.29, 0.717) is 11.3 Å². The second-order valence-electron chi connectivity index (χ2n) is 6.35. The first kappa shape index (κ1) is 19.3. The molecule has 1 amide bonds. The SMILES string of the molecule is C=c1[nH]c2c(OC)ccc(-c3cccc(C(=O)NOC)c3)c2/c1=C/C(C)=C\N. The molecular weight excluding hydrogens is 354 g/mol. The van der Waals surface area contributed by atoms with E-state index in [-0.39, 0.29) is 5.91 Å². The van der Waals surface area contributed by atoms with Crippen molar-refractivity contribution in [3.8, 4) is 16.9 Å². The number of carbonyl (C=O) groups is 1. The van der Waals surface area contributed by atoms with Crippen LogP contribution >= 0.6 is 0 Å². The van der Waals surface area contributed by atoms with Crippen LogP contribution in [-0.4, -0.2) is 25.1 Å². The maximum Gasteiger partial charge on any atom is 0.274 e. The van der Waals surface area contributed by atoms with Gasteiger partial charge in [0.15, 0.2) is 0 Å². The Hall–Kier alpha value is -3.51. The van der Waals surface area contributed by atoms with Crippen LogP contribution in [0.5, 0.6) is 5.75 Å². The molecule has 4 N–H and O–H groups in total. The number of aromatic nitrogens is 1. The van der Waals surface area contributed by atoms with E-state index in [4.69, 9.17) is 15.3 Å². The van der Waals surface area contributed by atoms with Gasteiger partial charge in [0.1, 0.15) is 5.75 Å². The summed E-state index contributed by atoms with van der Waals surface area (Å²) in [6, 6.07) is 11.2. The van der Waals surface area contributed by atoms with Gasteiger partial charge in [0.25, 0.3) is 5.91 Å². The number of ether oxygens (including phenoxy) is 1. The molecule has 0 spiro atoms. The van der Waals surface area contributed by atoms with Gasteiger partial charge in [-0.25, -0.2) is 5.48 Å². The highest BCUT2D eigenvalue weighted by Gasteiger charge is 2.14. The monoisotopic (exact) mass is 377 g/mol. The van der Waals surface area contributed by atoms with Gasteiger partial charge in [0.05, 0.1) is 19.7 Å². The van der Waals surface area contributed by atoms with Crippen molar-refractivity contribution < 1.29 is 14.4 Å². The molecule has 1 aromatic heterocycles. The molecule has 6 heteroatoms. The Morgan fingerprint density at radius 3 is 2.71 bits per heavy atom. The average Bonchev–Trinajstić information content (AvgIpc) is 3.03. The van der Waals surface area contributed by atoms with Gasteiger partial charge in [-0.15, -0.1) is 0 Å². The van der Waals surface area contributed by atoms with Crippen LogP contribution < -0.4 is 26.5 Å². The van der Waals surface area contributed by atoms with Gasteiger partial charge in [-0.05, 0) is 60.2 Å². The number of carbonyl (C=O) groups excluding carboxylic acids is 1. The van der Waals surface area contributed by atoms with Crippen LogP contribution in [0.25, 0.3) is 34.7 Å². The molecule has 1 heterocycles. The number of aromatic amines is 1. The summed E-state index contributed by atoms with van der Waals surface area (Å²) in [5, 5.41) is 2.64. The quantitative estimate of drug-likeness (QED) is 0.595. The zero-order valence-corrected chi connectivity index (χ0v) is 16.1. The van der Waals surface area contributed by atoms with Crippen LogP contribution in [0.2, 0.25) is 0 Å². The second kappa shape index (κ2) is 8.02. The Morgan fingerprint density at radius 2 is 2.04 bits per heavy atom. The van der Waals surface area contributed by atoms with Crippen molar-refractivity contribution >= 4 is 29.5 Å². The Labute approximate surface area is 162 Å². The van der Waals surface area contributed by atoms with Crippen LogP contribution in [0.15, 0.2) is 48.2 Å². The van der Waals surface area contributed by atoms with Crippen LogP contribution in [0.4, 0.5) is 0 Å². The zero-order valence-electron chi connectivity index (χ0n) is 16.1. The van der Waals surface area contributed by atoms with E-state index < -0.39 is 0 Å². The minimum absolute atomic E-state index is 0.310. The Balaban J connectivity index is 2.34. The van der Waals surface area contributed by atoms with Crippen molar-refractivity contribution in [1.82, 2.24) is 10.5 Å². The highest BCUT2D eigenvalue weighted by Crippen LogP contribution is 2.31. The van der Waals surface area contributed by atoms with Crippen molar-refractivity contribution in [1.29, 1.82) is 0 Å². The number of nitrogens with one attached hydrogen (secondary N) is 2.